The summed E-state index contributed by atoms with van der Waals surface area (Å²) in [5.74, 6) is 0. The molecule has 0 radical (unpaired) electrons. The zero-order chi connectivity index (χ0) is 11.5. The van der Waals surface area contributed by atoms with Crippen molar-refractivity contribution in [1.29, 1.82) is 0 Å². The fourth-order valence-corrected chi connectivity index (χ4v) is 3.16. The Morgan fingerprint density at radius 1 is 1.50 bits per heavy atom. The van der Waals surface area contributed by atoms with Gasteiger partial charge in [-0.05, 0) is 31.0 Å². The molecule has 0 saturated heterocycles. The summed E-state index contributed by atoms with van der Waals surface area (Å²) in [4.78, 5) is 4.73. The predicted octanol–water partition coefficient (Wildman–Crippen LogP) is 4.78. The highest BCUT2D eigenvalue weighted by Crippen LogP contribution is 2.28. The van der Waals surface area contributed by atoms with Gasteiger partial charge in [-0.2, -0.15) is 0 Å². The van der Waals surface area contributed by atoms with E-state index in [1.807, 2.05) is 25.1 Å². The SMILES string of the molecule is Cc1nc(C(Br)Cc2cccc(Cl)c2)cs1. The van der Waals surface area contributed by atoms with E-state index in [1.54, 1.807) is 11.3 Å². The Hall–Kier alpha value is -0.380. The number of benzene rings is 1. The monoisotopic (exact) mass is 315 g/mol. The van der Waals surface area contributed by atoms with Crippen molar-refractivity contribution in [3.05, 3.63) is 50.9 Å². The van der Waals surface area contributed by atoms with Crippen molar-refractivity contribution in [3.63, 3.8) is 0 Å². The van der Waals surface area contributed by atoms with E-state index in [-0.39, 0.29) is 4.83 Å². The molecular formula is C12H11BrClNS. The van der Waals surface area contributed by atoms with E-state index in [9.17, 15) is 0 Å². The van der Waals surface area contributed by atoms with Gasteiger partial charge in [0, 0.05) is 10.4 Å². The number of nitrogens with zero attached hydrogens (tertiary/aromatic N) is 1. The van der Waals surface area contributed by atoms with Gasteiger partial charge in [-0.25, -0.2) is 4.98 Å². The van der Waals surface area contributed by atoms with Gasteiger partial charge < -0.3 is 0 Å². The highest BCUT2D eigenvalue weighted by Gasteiger charge is 2.11. The van der Waals surface area contributed by atoms with Crippen molar-refractivity contribution in [3.8, 4) is 0 Å². The third-order valence-electron chi connectivity index (χ3n) is 2.26. The molecule has 1 aromatic carbocycles. The molecule has 0 saturated carbocycles. The van der Waals surface area contributed by atoms with Crippen molar-refractivity contribution < 1.29 is 0 Å². The standard InChI is InChI=1S/C12H11BrClNS/c1-8-15-12(7-16-8)11(13)6-9-3-2-4-10(14)5-9/h2-5,7,11H,6H2,1H3. The van der Waals surface area contributed by atoms with Gasteiger partial charge in [-0.1, -0.05) is 39.7 Å². The van der Waals surface area contributed by atoms with Crippen LogP contribution < -0.4 is 0 Å². The Kier molecular flexibility index (Phi) is 4.00. The molecule has 1 nitrogen and oxygen atoms in total. The second kappa shape index (κ2) is 5.30. The Labute approximate surface area is 113 Å². The average Bonchev–Trinajstić information content (AvgIpc) is 2.65. The molecule has 1 unspecified atom stereocenters. The molecule has 0 fully saturated rings. The van der Waals surface area contributed by atoms with Crippen LogP contribution in [0.25, 0.3) is 0 Å². The molecule has 0 spiro atoms. The van der Waals surface area contributed by atoms with Crippen molar-refractivity contribution in [2.75, 3.05) is 0 Å². The summed E-state index contributed by atoms with van der Waals surface area (Å²) < 4.78 is 0. The Balaban J connectivity index is 2.10. The van der Waals surface area contributed by atoms with Crippen LogP contribution in [-0.4, -0.2) is 4.98 Å². The second-order valence-electron chi connectivity index (χ2n) is 3.59. The second-order valence-corrected chi connectivity index (χ2v) is 6.20. The van der Waals surface area contributed by atoms with Gasteiger partial charge in [0.2, 0.25) is 0 Å². The summed E-state index contributed by atoms with van der Waals surface area (Å²) in [6.45, 7) is 2.02. The van der Waals surface area contributed by atoms with Gasteiger partial charge in [0.15, 0.2) is 0 Å². The lowest BCUT2D eigenvalue weighted by Gasteiger charge is -2.07. The molecule has 0 aliphatic heterocycles. The Morgan fingerprint density at radius 2 is 2.31 bits per heavy atom. The summed E-state index contributed by atoms with van der Waals surface area (Å²) >= 11 is 11.3. The maximum atomic E-state index is 5.95. The lowest BCUT2D eigenvalue weighted by Crippen LogP contribution is -1.95. The van der Waals surface area contributed by atoms with E-state index < -0.39 is 0 Å². The van der Waals surface area contributed by atoms with Crippen molar-refractivity contribution in [1.82, 2.24) is 4.98 Å². The van der Waals surface area contributed by atoms with Gasteiger partial charge in [0.25, 0.3) is 0 Å². The van der Waals surface area contributed by atoms with Crippen LogP contribution in [0.5, 0.6) is 0 Å². The summed E-state index contributed by atoms with van der Waals surface area (Å²) in [6.07, 6.45) is 0.906. The van der Waals surface area contributed by atoms with E-state index in [0.717, 1.165) is 22.1 Å². The molecule has 84 valence electrons. The molecule has 0 N–H and O–H groups in total. The predicted molar refractivity (Wildman–Crippen MR) is 73.7 cm³/mol. The maximum Gasteiger partial charge on any atom is 0.0897 e. The fraction of sp³-hybridized carbons (Fsp3) is 0.250. The van der Waals surface area contributed by atoms with Gasteiger partial charge in [-0.15, -0.1) is 11.3 Å². The van der Waals surface area contributed by atoms with Crippen molar-refractivity contribution in [2.45, 2.75) is 18.2 Å². The van der Waals surface area contributed by atoms with Crippen LogP contribution in [0.15, 0.2) is 29.6 Å². The number of hydrogen-bond acceptors (Lipinski definition) is 2. The van der Waals surface area contributed by atoms with Crippen molar-refractivity contribution >= 4 is 38.9 Å². The molecule has 4 heteroatoms. The van der Waals surface area contributed by atoms with Crippen LogP contribution in [0.1, 0.15) is 21.1 Å². The van der Waals surface area contributed by atoms with Crippen LogP contribution in [0, 0.1) is 6.92 Å². The Morgan fingerprint density at radius 3 is 2.94 bits per heavy atom. The first-order chi connectivity index (χ1) is 7.65. The van der Waals surface area contributed by atoms with E-state index >= 15 is 0 Å². The number of alkyl halides is 1. The minimum atomic E-state index is 0.260. The molecule has 2 rings (SSSR count). The molecule has 0 aliphatic rings. The topological polar surface area (TPSA) is 12.9 Å². The summed E-state index contributed by atoms with van der Waals surface area (Å²) in [6, 6.07) is 7.94. The number of rotatable bonds is 3. The van der Waals surface area contributed by atoms with Gasteiger partial charge in [0.1, 0.15) is 0 Å². The van der Waals surface area contributed by atoms with Gasteiger partial charge >= 0.3 is 0 Å². The molecule has 1 aromatic heterocycles. The number of halogens is 2. The normalized spacial score (nSPS) is 12.7. The minimum absolute atomic E-state index is 0.260. The van der Waals surface area contributed by atoms with Gasteiger partial charge in [-0.3, -0.25) is 0 Å². The molecular weight excluding hydrogens is 306 g/mol. The van der Waals surface area contributed by atoms with Crippen molar-refractivity contribution in [2.24, 2.45) is 0 Å². The lowest BCUT2D eigenvalue weighted by atomic mass is 10.1. The van der Waals surface area contributed by atoms with Crippen LogP contribution in [0.3, 0.4) is 0 Å². The molecule has 0 amide bonds. The fourth-order valence-electron chi connectivity index (χ4n) is 1.50. The first-order valence-electron chi connectivity index (χ1n) is 4.95. The average molecular weight is 317 g/mol. The van der Waals surface area contributed by atoms with E-state index in [2.05, 4.69) is 32.4 Å². The van der Waals surface area contributed by atoms with E-state index in [4.69, 9.17) is 11.6 Å². The maximum absolute atomic E-state index is 5.95. The quantitative estimate of drug-likeness (QED) is 0.742. The smallest absolute Gasteiger partial charge is 0.0897 e. The molecule has 16 heavy (non-hydrogen) atoms. The first kappa shape index (κ1) is 12.1. The van der Waals surface area contributed by atoms with Crippen LogP contribution >= 0.6 is 38.9 Å². The number of thiazole rings is 1. The summed E-state index contributed by atoms with van der Waals surface area (Å²) in [7, 11) is 0. The third-order valence-corrected chi connectivity index (χ3v) is 4.08. The lowest BCUT2D eigenvalue weighted by molar-refractivity contribution is 0.909. The highest BCUT2D eigenvalue weighted by molar-refractivity contribution is 9.09. The third kappa shape index (κ3) is 3.06. The molecule has 0 aliphatic carbocycles. The van der Waals surface area contributed by atoms with Gasteiger partial charge in [0.05, 0.1) is 15.5 Å². The largest absolute Gasteiger partial charge is 0.245 e. The molecule has 2 aromatic rings. The summed E-state index contributed by atoms with van der Waals surface area (Å²) in [5.41, 5.74) is 2.32. The molecule has 1 atom stereocenters. The molecule has 0 bridgehead atoms. The number of aromatic nitrogens is 1. The first-order valence-corrected chi connectivity index (χ1v) is 7.13. The van der Waals surface area contributed by atoms with E-state index in [1.165, 1.54) is 5.56 Å². The van der Waals surface area contributed by atoms with E-state index in [0.29, 0.717) is 0 Å². The van der Waals surface area contributed by atoms with Crippen LogP contribution in [-0.2, 0) is 6.42 Å². The molecule has 1 heterocycles. The number of aryl methyl sites for hydroxylation is 1. The minimum Gasteiger partial charge on any atom is -0.245 e. The zero-order valence-electron chi connectivity index (χ0n) is 8.78. The highest BCUT2D eigenvalue weighted by atomic mass is 79.9. The Bertz CT molecular complexity index is 483. The number of hydrogen-bond donors (Lipinski definition) is 0. The van der Waals surface area contributed by atoms with Crippen LogP contribution in [0.2, 0.25) is 5.02 Å². The van der Waals surface area contributed by atoms with Crippen LogP contribution in [0.4, 0.5) is 0 Å². The zero-order valence-corrected chi connectivity index (χ0v) is 11.9. The summed E-state index contributed by atoms with van der Waals surface area (Å²) in [5, 5.41) is 3.98.